The molecule has 2 N–H and O–H groups in total. The summed E-state index contributed by atoms with van der Waals surface area (Å²) in [7, 11) is -3.42. The van der Waals surface area contributed by atoms with Crippen molar-refractivity contribution in [1.82, 2.24) is 10.0 Å². The fourth-order valence-electron chi connectivity index (χ4n) is 3.80. The van der Waals surface area contributed by atoms with Crippen molar-refractivity contribution < 1.29 is 13.2 Å². The van der Waals surface area contributed by atoms with Gasteiger partial charge in [-0.05, 0) is 61.8 Å². The molecule has 0 fully saturated rings. The monoisotopic (exact) mass is 434 g/mol. The number of fused-ring (bicyclic) bond motifs is 1. The van der Waals surface area contributed by atoms with Crippen LogP contribution >= 0.6 is 11.3 Å². The molecule has 29 heavy (non-hydrogen) atoms. The van der Waals surface area contributed by atoms with Gasteiger partial charge in [-0.2, -0.15) is 0 Å². The smallest absolute Gasteiger partial charge is 0.261 e. The number of thiophene rings is 1. The third-order valence-electron chi connectivity index (χ3n) is 5.30. The van der Waals surface area contributed by atoms with Crippen LogP contribution in [0.1, 0.15) is 64.9 Å². The largest absolute Gasteiger partial charge is 0.347 e. The van der Waals surface area contributed by atoms with E-state index < -0.39 is 10.0 Å². The highest BCUT2D eigenvalue weighted by Crippen LogP contribution is 2.33. The first-order valence-corrected chi connectivity index (χ1v) is 12.7. The molecule has 0 saturated heterocycles. The van der Waals surface area contributed by atoms with Gasteiger partial charge >= 0.3 is 0 Å². The molecule has 158 valence electrons. The van der Waals surface area contributed by atoms with Crippen molar-refractivity contribution in [3.63, 3.8) is 0 Å². The van der Waals surface area contributed by atoms with Gasteiger partial charge in [0.05, 0.1) is 10.6 Å². The van der Waals surface area contributed by atoms with Crippen LogP contribution in [0.5, 0.6) is 0 Å². The lowest BCUT2D eigenvalue weighted by Crippen LogP contribution is -2.31. The average molecular weight is 435 g/mol. The molecule has 2 aromatic rings. The summed E-state index contributed by atoms with van der Waals surface area (Å²) in [6, 6.07) is 9.25. The molecule has 1 amide bonds. The van der Waals surface area contributed by atoms with Gasteiger partial charge < -0.3 is 5.32 Å². The number of carbonyl (C=O) groups excluding carboxylic acids is 1. The molecule has 0 bridgehead atoms. The highest BCUT2D eigenvalue weighted by atomic mass is 32.2. The SMILES string of the molecule is CC[C@@H]1CCc2sc(C(=O)NCc3ccccc3CS(=O)(=O)NC(C)C)cc2C1. The third-order valence-corrected chi connectivity index (χ3v) is 8.06. The van der Waals surface area contributed by atoms with E-state index >= 15 is 0 Å². The van der Waals surface area contributed by atoms with Crippen molar-refractivity contribution in [3.05, 3.63) is 56.8 Å². The Morgan fingerprint density at radius 1 is 1.24 bits per heavy atom. The van der Waals surface area contributed by atoms with Crippen molar-refractivity contribution in [2.75, 3.05) is 0 Å². The van der Waals surface area contributed by atoms with Crippen molar-refractivity contribution in [2.24, 2.45) is 5.92 Å². The summed E-state index contributed by atoms with van der Waals surface area (Å²) < 4.78 is 27.2. The highest BCUT2D eigenvalue weighted by molar-refractivity contribution is 7.88. The Labute approximate surface area is 178 Å². The lowest BCUT2D eigenvalue weighted by atomic mass is 9.87. The number of nitrogens with one attached hydrogen (secondary N) is 2. The maximum Gasteiger partial charge on any atom is 0.261 e. The second kappa shape index (κ2) is 9.41. The van der Waals surface area contributed by atoms with Crippen LogP contribution in [-0.4, -0.2) is 20.4 Å². The molecule has 0 spiro atoms. The summed E-state index contributed by atoms with van der Waals surface area (Å²) in [5.41, 5.74) is 2.85. The van der Waals surface area contributed by atoms with E-state index in [1.807, 2.05) is 24.3 Å². The van der Waals surface area contributed by atoms with Crippen molar-refractivity contribution in [1.29, 1.82) is 0 Å². The maximum atomic E-state index is 12.7. The van der Waals surface area contributed by atoms with Crippen LogP contribution in [0.25, 0.3) is 0 Å². The summed E-state index contributed by atoms with van der Waals surface area (Å²) in [5, 5.41) is 2.97. The number of aryl methyl sites for hydroxylation is 1. The molecular weight excluding hydrogens is 404 g/mol. The van der Waals surface area contributed by atoms with E-state index in [-0.39, 0.29) is 17.7 Å². The Kier molecular flexibility index (Phi) is 7.14. The fourth-order valence-corrected chi connectivity index (χ4v) is 6.42. The summed E-state index contributed by atoms with van der Waals surface area (Å²) in [5.74, 6) is 0.542. The van der Waals surface area contributed by atoms with Crippen molar-refractivity contribution >= 4 is 27.3 Å². The maximum absolute atomic E-state index is 12.7. The van der Waals surface area contributed by atoms with Crippen LogP contribution < -0.4 is 10.0 Å². The first kappa shape index (κ1) is 22.0. The van der Waals surface area contributed by atoms with Crippen LogP contribution in [0, 0.1) is 5.92 Å². The first-order chi connectivity index (χ1) is 13.8. The Hall–Kier alpha value is -1.70. The van der Waals surface area contributed by atoms with Crippen LogP contribution in [0.3, 0.4) is 0 Å². The zero-order valence-electron chi connectivity index (χ0n) is 17.3. The standard InChI is InChI=1S/C22H30N2O3S2/c1-4-16-9-10-20-19(11-16)12-21(28-20)22(25)23-13-17-7-5-6-8-18(17)14-29(26,27)24-15(2)3/h5-8,12,15-16,24H,4,9-11,13-14H2,1-3H3,(H,23,25)/t16-/m1/s1. The molecule has 1 aromatic heterocycles. The van der Waals surface area contributed by atoms with E-state index in [0.717, 1.165) is 29.2 Å². The van der Waals surface area contributed by atoms with Gasteiger partial charge in [0.25, 0.3) is 5.91 Å². The molecule has 1 aliphatic rings. The number of benzene rings is 1. The number of carbonyl (C=O) groups is 1. The van der Waals surface area contributed by atoms with Gasteiger partial charge in [0.1, 0.15) is 0 Å². The normalized spacial score (nSPS) is 16.6. The molecule has 0 unspecified atom stereocenters. The van der Waals surface area contributed by atoms with E-state index in [4.69, 9.17) is 0 Å². The second-order valence-electron chi connectivity index (χ2n) is 8.06. The van der Waals surface area contributed by atoms with Crippen molar-refractivity contribution in [3.8, 4) is 0 Å². The predicted molar refractivity (Wildman–Crippen MR) is 119 cm³/mol. The molecule has 1 heterocycles. The molecule has 3 rings (SSSR count). The Balaban J connectivity index is 1.66. The minimum atomic E-state index is -3.42. The van der Waals surface area contributed by atoms with Crippen LogP contribution in [-0.2, 0) is 35.2 Å². The van der Waals surface area contributed by atoms with E-state index in [1.54, 1.807) is 31.3 Å². The topological polar surface area (TPSA) is 75.3 Å². The third kappa shape index (κ3) is 5.90. The highest BCUT2D eigenvalue weighted by Gasteiger charge is 2.22. The van der Waals surface area contributed by atoms with Gasteiger partial charge in [0.2, 0.25) is 10.0 Å². The molecule has 1 aliphatic carbocycles. The fraction of sp³-hybridized carbons (Fsp3) is 0.500. The number of hydrogen-bond acceptors (Lipinski definition) is 4. The van der Waals surface area contributed by atoms with Crippen LogP contribution in [0.4, 0.5) is 0 Å². The zero-order chi connectivity index (χ0) is 21.0. The van der Waals surface area contributed by atoms with E-state index in [1.165, 1.54) is 23.3 Å². The minimum absolute atomic E-state index is 0.0876. The van der Waals surface area contributed by atoms with Gasteiger partial charge in [0.15, 0.2) is 0 Å². The molecule has 5 nitrogen and oxygen atoms in total. The molecule has 0 radical (unpaired) electrons. The lowest BCUT2D eigenvalue weighted by Gasteiger charge is -2.19. The molecule has 0 aliphatic heterocycles. The summed E-state index contributed by atoms with van der Waals surface area (Å²) in [6.07, 6.45) is 4.52. The number of sulfonamides is 1. The molecule has 1 aromatic carbocycles. The first-order valence-electron chi connectivity index (χ1n) is 10.2. The zero-order valence-corrected chi connectivity index (χ0v) is 19.0. The van der Waals surface area contributed by atoms with E-state index in [0.29, 0.717) is 12.1 Å². The second-order valence-corrected chi connectivity index (χ2v) is 10.9. The van der Waals surface area contributed by atoms with Gasteiger partial charge in [0, 0.05) is 17.5 Å². The molecule has 0 saturated carbocycles. The van der Waals surface area contributed by atoms with E-state index in [9.17, 15) is 13.2 Å². The van der Waals surface area contributed by atoms with Gasteiger partial charge in [-0.1, -0.05) is 37.6 Å². The van der Waals surface area contributed by atoms with Crippen molar-refractivity contribution in [2.45, 2.75) is 64.8 Å². The lowest BCUT2D eigenvalue weighted by molar-refractivity contribution is 0.0955. The van der Waals surface area contributed by atoms with Crippen LogP contribution in [0.15, 0.2) is 30.3 Å². The Bertz CT molecular complexity index is 964. The van der Waals surface area contributed by atoms with Gasteiger partial charge in [-0.25, -0.2) is 13.1 Å². The quantitative estimate of drug-likeness (QED) is 0.659. The van der Waals surface area contributed by atoms with Crippen LogP contribution in [0.2, 0.25) is 0 Å². The molecule has 7 heteroatoms. The Morgan fingerprint density at radius 2 is 1.97 bits per heavy atom. The minimum Gasteiger partial charge on any atom is -0.347 e. The number of rotatable bonds is 8. The van der Waals surface area contributed by atoms with Gasteiger partial charge in [-0.3, -0.25) is 4.79 Å². The number of hydrogen-bond donors (Lipinski definition) is 2. The number of amides is 1. The van der Waals surface area contributed by atoms with Gasteiger partial charge in [-0.15, -0.1) is 11.3 Å². The molecule has 1 atom stereocenters. The molecular formula is C22H30N2O3S2. The summed E-state index contributed by atoms with van der Waals surface area (Å²) in [6.45, 7) is 6.14. The summed E-state index contributed by atoms with van der Waals surface area (Å²) >= 11 is 1.59. The Morgan fingerprint density at radius 3 is 2.66 bits per heavy atom. The predicted octanol–water partition coefficient (Wildman–Crippen LogP) is 4.02. The summed E-state index contributed by atoms with van der Waals surface area (Å²) in [4.78, 5) is 14.8. The average Bonchev–Trinajstić information content (AvgIpc) is 3.09. The van der Waals surface area contributed by atoms with E-state index in [2.05, 4.69) is 17.0 Å².